The number of hydrogen-bond donors (Lipinski definition) is 0. The molecule has 8 aromatic rings. The maximum absolute atomic E-state index is 4.55. The standard InChI is InChI=1S/C34H43N7.C19H25BrN3.C15H18N4.3BrH/c1-28-25-33(38(3)4)26-29(2)34(28)37-36-31-17-23-41(24-18-31)20-12-7-6-11-19-40-21-15-30(16-22-40)27-35-39(5)32-13-9-8-10-14-32;1-22(19-9-5-4-6-10-19)21-17-18-11-15-23(16-12-18)14-8-3-2-7-13-20;1-11-9-14(19(3)4)10-12(2)15(11)18-17-13-5-7-16-8-6-13;;;/h8-10,13-18,21-27H,6-7,11-12,19-20H2,1-5H3;4-6,9-12,15-17H,2-3,7-8,13-14H2,1H3;5-10H,1-4H3;3*1H/q+2;+1;;;;/p-3. The Hall–Kier alpha value is -6.86. The van der Waals surface area contributed by atoms with Crippen molar-refractivity contribution in [1.82, 2.24) is 4.98 Å². The third-order valence-corrected chi connectivity index (χ3v) is 14.3. The molecule has 0 unspecified atom stereocenters. The summed E-state index contributed by atoms with van der Waals surface area (Å²) in [5, 5.41) is 31.5. The first-order valence-electron chi connectivity index (χ1n) is 28.8. The summed E-state index contributed by atoms with van der Waals surface area (Å²) in [6.07, 6.45) is 29.8. The highest BCUT2D eigenvalue weighted by molar-refractivity contribution is 9.09. The first-order valence-corrected chi connectivity index (χ1v) is 29.9. The van der Waals surface area contributed by atoms with E-state index in [0.717, 1.165) is 98.9 Å². The number of anilines is 4. The van der Waals surface area contributed by atoms with Gasteiger partial charge in [0.05, 0.1) is 46.6 Å². The van der Waals surface area contributed by atoms with Crippen LogP contribution in [0.2, 0.25) is 0 Å². The Morgan fingerprint density at radius 1 is 0.395 bits per heavy atom. The molecule has 4 aromatic carbocycles. The summed E-state index contributed by atoms with van der Waals surface area (Å²) in [4.78, 5) is 8.16. The molecule has 0 saturated heterocycles. The Morgan fingerprint density at radius 3 is 1.06 bits per heavy atom. The summed E-state index contributed by atoms with van der Waals surface area (Å²) < 4.78 is 6.72. The van der Waals surface area contributed by atoms with Gasteiger partial charge in [0.25, 0.3) is 0 Å². The summed E-state index contributed by atoms with van der Waals surface area (Å²) >= 11 is 3.47. The van der Waals surface area contributed by atoms with Crippen LogP contribution in [-0.2, 0) is 19.6 Å². The fourth-order valence-electron chi connectivity index (χ4n) is 8.81. The van der Waals surface area contributed by atoms with Gasteiger partial charge in [0.15, 0.2) is 37.2 Å². The average molecular weight is 1420 g/mol. The van der Waals surface area contributed by atoms with Crippen molar-refractivity contribution in [3.8, 4) is 0 Å². The molecular formula is C68H86Br4N14. The number of para-hydroxylation sites is 2. The monoisotopic (exact) mass is 1410 g/mol. The molecule has 0 aliphatic rings. The lowest BCUT2D eigenvalue weighted by Crippen LogP contribution is -3.00. The van der Waals surface area contributed by atoms with Gasteiger partial charge in [0.1, 0.15) is 19.6 Å². The number of rotatable bonds is 25. The minimum absolute atomic E-state index is 0. The number of pyridine rings is 4. The first kappa shape index (κ1) is 73.4. The maximum Gasteiger partial charge on any atom is 0.171 e. The number of nitrogens with zero attached hydrogens (tertiary/aromatic N) is 14. The minimum Gasteiger partial charge on any atom is -1.00 e. The summed E-state index contributed by atoms with van der Waals surface area (Å²) in [7, 11) is 12.1. The zero-order chi connectivity index (χ0) is 59.2. The topological polar surface area (TPSA) is 112 Å². The van der Waals surface area contributed by atoms with Gasteiger partial charge < -0.3 is 60.7 Å². The summed E-state index contributed by atoms with van der Waals surface area (Å²) in [5.41, 5.74) is 14.8. The fraction of sp³-hybridized carbons (Fsp3) is 0.324. The molecule has 8 rings (SSSR count). The molecule has 0 N–H and O–H groups in total. The maximum atomic E-state index is 4.55. The molecule has 4 aromatic heterocycles. The van der Waals surface area contributed by atoms with E-state index in [1.54, 1.807) is 12.4 Å². The number of aryl methyl sites for hydroxylation is 7. The second-order valence-electron chi connectivity index (χ2n) is 21.0. The Kier molecular flexibility index (Phi) is 34.6. The molecule has 456 valence electrons. The SMILES string of the molecule is CN(/N=C/c1cc[n+](CCCCCCBr)cc1)c1ccccc1.Cc1cc(N(C)C)cc(C)c1N=Nc1cc[n+](CCCCCC[n+]2ccc(/C=N\N(C)c3ccccc3)cc2)cc1.Cc1cc(N(C)C)cc(C)c1N=Nc1ccncc1.[Br-].[Br-].[Br-]. The molecule has 4 heterocycles. The molecule has 0 atom stereocenters. The van der Waals surface area contributed by atoms with E-state index < -0.39 is 0 Å². The van der Waals surface area contributed by atoms with E-state index in [1.165, 1.54) is 56.3 Å². The van der Waals surface area contributed by atoms with Crippen molar-refractivity contribution < 1.29 is 64.6 Å². The number of unbranched alkanes of at least 4 members (excludes halogenated alkanes) is 6. The van der Waals surface area contributed by atoms with Crippen LogP contribution in [0.5, 0.6) is 0 Å². The Morgan fingerprint density at radius 2 is 0.721 bits per heavy atom. The molecule has 0 radical (unpaired) electrons. The Bertz CT molecular complexity index is 3230. The van der Waals surface area contributed by atoms with Gasteiger partial charge in [-0.2, -0.15) is 30.7 Å². The normalized spacial score (nSPS) is 10.8. The van der Waals surface area contributed by atoms with Gasteiger partial charge in [0.2, 0.25) is 0 Å². The second-order valence-corrected chi connectivity index (χ2v) is 21.8. The van der Waals surface area contributed by atoms with Gasteiger partial charge in [0, 0.05) is 138 Å². The Balaban J connectivity index is 0.000000365. The van der Waals surface area contributed by atoms with Gasteiger partial charge in [-0.05, 0) is 136 Å². The van der Waals surface area contributed by atoms with Crippen molar-refractivity contribution in [3.05, 3.63) is 216 Å². The minimum atomic E-state index is 0. The quantitative estimate of drug-likeness (QED) is 0.0159. The van der Waals surface area contributed by atoms with Crippen LogP contribution in [0.1, 0.15) is 84.7 Å². The van der Waals surface area contributed by atoms with E-state index in [9.17, 15) is 0 Å². The van der Waals surface area contributed by atoms with Crippen molar-refractivity contribution in [2.24, 2.45) is 30.7 Å². The van der Waals surface area contributed by atoms with Crippen molar-refractivity contribution >= 4 is 73.9 Å². The van der Waals surface area contributed by atoms with E-state index >= 15 is 0 Å². The van der Waals surface area contributed by atoms with Crippen LogP contribution in [0.15, 0.2) is 214 Å². The van der Waals surface area contributed by atoms with Crippen LogP contribution < -0.4 is 84.5 Å². The van der Waals surface area contributed by atoms with Crippen molar-refractivity contribution in [3.63, 3.8) is 0 Å². The lowest BCUT2D eigenvalue weighted by molar-refractivity contribution is -0.698. The Labute approximate surface area is 552 Å². The van der Waals surface area contributed by atoms with Crippen LogP contribution in [0.3, 0.4) is 0 Å². The van der Waals surface area contributed by atoms with E-state index in [0.29, 0.717) is 0 Å². The second kappa shape index (κ2) is 40.5. The highest BCUT2D eigenvalue weighted by Gasteiger charge is 2.10. The number of benzene rings is 4. The average Bonchev–Trinajstić information content (AvgIpc) is 3.02. The van der Waals surface area contributed by atoms with Crippen molar-refractivity contribution in [1.29, 1.82) is 0 Å². The third kappa shape index (κ3) is 26.0. The van der Waals surface area contributed by atoms with Crippen LogP contribution in [-0.4, -0.2) is 65.0 Å². The van der Waals surface area contributed by atoms with E-state index in [-0.39, 0.29) is 50.9 Å². The van der Waals surface area contributed by atoms with Crippen LogP contribution in [0.25, 0.3) is 0 Å². The zero-order valence-corrected chi connectivity index (χ0v) is 58.1. The van der Waals surface area contributed by atoms with Crippen LogP contribution in [0.4, 0.5) is 45.5 Å². The number of hydrazone groups is 2. The molecule has 0 amide bonds. The molecule has 86 heavy (non-hydrogen) atoms. The predicted molar refractivity (Wildman–Crippen MR) is 349 cm³/mol. The third-order valence-electron chi connectivity index (χ3n) is 13.8. The predicted octanol–water partition coefficient (Wildman–Crippen LogP) is 6.68. The van der Waals surface area contributed by atoms with E-state index in [4.69, 9.17) is 0 Å². The van der Waals surface area contributed by atoms with Gasteiger partial charge in [-0.1, -0.05) is 58.7 Å². The van der Waals surface area contributed by atoms with Gasteiger partial charge in [-0.15, -0.1) is 0 Å². The molecule has 0 fully saturated rings. The molecule has 18 heteroatoms. The van der Waals surface area contributed by atoms with Crippen molar-refractivity contribution in [2.45, 2.75) is 98.7 Å². The number of hydrogen-bond acceptors (Lipinski definition) is 11. The molecule has 0 spiro atoms. The summed E-state index contributed by atoms with van der Waals surface area (Å²) in [6, 6.07) is 45.0. The number of alkyl halides is 1. The van der Waals surface area contributed by atoms with E-state index in [1.807, 2.05) is 136 Å². The van der Waals surface area contributed by atoms with Crippen molar-refractivity contribution in [2.75, 3.05) is 67.4 Å². The summed E-state index contributed by atoms with van der Waals surface area (Å²) in [5.74, 6) is 0. The highest BCUT2D eigenvalue weighted by Crippen LogP contribution is 2.31. The highest BCUT2D eigenvalue weighted by atomic mass is 79.9. The fourth-order valence-corrected chi connectivity index (χ4v) is 9.21. The number of azo groups is 2. The lowest BCUT2D eigenvalue weighted by Gasteiger charge is -2.15. The molecule has 0 aliphatic carbocycles. The lowest BCUT2D eigenvalue weighted by atomic mass is 10.1. The zero-order valence-electron chi connectivity index (χ0n) is 51.7. The number of halogens is 4. The number of aromatic nitrogens is 4. The van der Waals surface area contributed by atoms with Gasteiger partial charge >= 0.3 is 0 Å². The van der Waals surface area contributed by atoms with Crippen LogP contribution >= 0.6 is 15.9 Å². The van der Waals surface area contributed by atoms with E-state index in [2.05, 4.69) is 203 Å². The smallest absolute Gasteiger partial charge is 0.171 e. The first-order chi connectivity index (χ1) is 40.3. The molecule has 14 nitrogen and oxygen atoms in total. The largest absolute Gasteiger partial charge is 1.00 e. The van der Waals surface area contributed by atoms with Gasteiger partial charge in [-0.3, -0.25) is 15.0 Å². The molecular weight excluding hydrogens is 1330 g/mol. The molecule has 0 saturated carbocycles. The van der Waals surface area contributed by atoms with Gasteiger partial charge in [-0.25, -0.2) is 13.7 Å². The molecule has 0 bridgehead atoms. The molecule has 0 aliphatic heterocycles. The summed E-state index contributed by atoms with van der Waals surface area (Å²) in [6.45, 7) is 11.4. The van der Waals surface area contributed by atoms with Crippen LogP contribution in [0, 0.1) is 27.7 Å².